The molecule has 0 radical (unpaired) electrons. The van der Waals surface area contributed by atoms with E-state index < -0.39 is 35.6 Å². The highest BCUT2D eigenvalue weighted by Gasteiger charge is 2.61. The van der Waals surface area contributed by atoms with Crippen LogP contribution in [0.25, 0.3) is 0 Å². The number of allylic oxidation sites excluding steroid dienone is 1. The van der Waals surface area contributed by atoms with Crippen LogP contribution in [-0.4, -0.2) is 125 Å². The van der Waals surface area contributed by atoms with Crippen molar-refractivity contribution in [3.8, 4) is 0 Å². The molecule has 2 aliphatic carbocycles. The summed E-state index contributed by atoms with van der Waals surface area (Å²) >= 11 is 1.92. The van der Waals surface area contributed by atoms with Crippen LogP contribution in [0.1, 0.15) is 83.5 Å². The summed E-state index contributed by atoms with van der Waals surface area (Å²) in [6, 6.07) is -1.68. The Bertz CT molecular complexity index is 1290. The van der Waals surface area contributed by atoms with E-state index in [0.717, 1.165) is 70.1 Å². The summed E-state index contributed by atoms with van der Waals surface area (Å²) in [6.07, 6.45) is 13.6. The quantitative estimate of drug-likeness (QED) is 0.207. The van der Waals surface area contributed by atoms with Gasteiger partial charge in [-0.3, -0.25) is 14.4 Å². The first-order valence-corrected chi connectivity index (χ1v) is 20.0. The van der Waals surface area contributed by atoms with Crippen molar-refractivity contribution in [3.63, 3.8) is 0 Å². The molecule has 0 aromatic heterocycles. The molecule has 3 amide bonds. The summed E-state index contributed by atoms with van der Waals surface area (Å²) in [6.45, 7) is 1.73. The number of hydrogen-bond acceptors (Lipinski definition) is 11. The Balaban J connectivity index is 1.14. The highest BCUT2D eigenvalue weighted by atomic mass is 32.2. The molecule has 15 heteroatoms. The predicted molar refractivity (Wildman–Crippen MR) is 186 cm³/mol. The van der Waals surface area contributed by atoms with E-state index in [0.29, 0.717) is 44.3 Å². The van der Waals surface area contributed by atoms with Crippen LogP contribution in [0.3, 0.4) is 0 Å². The third-order valence-corrected chi connectivity index (χ3v) is 13.4. The maximum atomic E-state index is 14.5. The van der Waals surface area contributed by atoms with Gasteiger partial charge >= 0.3 is 5.97 Å². The molecule has 6 fully saturated rings. The van der Waals surface area contributed by atoms with Gasteiger partial charge in [0.25, 0.3) is 0 Å². The number of rotatable bonds is 7. The van der Waals surface area contributed by atoms with Gasteiger partial charge in [0.15, 0.2) is 0 Å². The van der Waals surface area contributed by atoms with Gasteiger partial charge in [-0.2, -0.15) is 5.12 Å². The maximum absolute atomic E-state index is 14.5. The molecule has 6 N–H and O–H groups in total. The second kappa shape index (κ2) is 15.8. The van der Waals surface area contributed by atoms with Crippen LogP contribution in [0.15, 0.2) is 12.2 Å². The number of aliphatic carboxylic acids is 1. The van der Waals surface area contributed by atoms with Crippen LogP contribution in [0.4, 0.5) is 0 Å². The number of hydrogen-bond donors (Lipinski definition) is 6. The molecule has 278 valence electrons. The number of hydrazine groups is 2. The van der Waals surface area contributed by atoms with Crippen molar-refractivity contribution in [3.05, 3.63) is 12.2 Å². The number of nitrogens with zero attached hydrogens (tertiary/aromatic N) is 2. The average Bonchev–Trinajstić information content (AvgIpc) is 3.77. The topological polar surface area (TPSA) is 174 Å². The fraction of sp³-hybridized carbons (Fsp3) is 0.829. The van der Waals surface area contributed by atoms with Crippen LogP contribution in [0.2, 0.25) is 0 Å². The zero-order chi connectivity index (χ0) is 34.8. The van der Waals surface area contributed by atoms with E-state index in [9.17, 15) is 24.3 Å². The zero-order valence-corrected chi connectivity index (χ0v) is 30.0. The van der Waals surface area contributed by atoms with Crippen molar-refractivity contribution in [1.82, 2.24) is 36.8 Å². The van der Waals surface area contributed by atoms with E-state index in [1.165, 1.54) is 0 Å². The van der Waals surface area contributed by atoms with Crippen molar-refractivity contribution in [2.24, 2.45) is 11.8 Å². The van der Waals surface area contributed by atoms with E-state index in [1.54, 1.807) is 12.0 Å². The van der Waals surface area contributed by atoms with Crippen LogP contribution in [0, 0.1) is 11.8 Å². The van der Waals surface area contributed by atoms with Gasteiger partial charge in [-0.05, 0) is 76.5 Å². The number of ether oxygens (including phenoxy) is 2. The third-order valence-electron chi connectivity index (χ3n) is 12.1. The Morgan fingerprint density at radius 3 is 2.60 bits per heavy atom. The third kappa shape index (κ3) is 7.60. The number of nitrogens with one attached hydrogen (secondary N) is 5. The van der Waals surface area contributed by atoms with E-state index in [4.69, 9.17) is 9.47 Å². The maximum Gasteiger partial charge on any atom is 0.330 e. The van der Waals surface area contributed by atoms with Gasteiger partial charge in [0.1, 0.15) is 23.7 Å². The summed E-state index contributed by atoms with van der Waals surface area (Å²) in [4.78, 5) is 56.1. The molecule has 9 atom stereocenters. The molecule has 7 rings (SSSR count). The number of fused-ring (bicyclic) bond motifs is 2. The Kier molecular flexibility index (Phi) is 11.4. The first kappa shape index (κ1) is 36.1. The highest BCUT2D eigenvalue weighted by molar-refractivity contribution is 8.00. The normalized spacial score (nSPS) is 42.2. The van der Waals surface area contributed by atoms with Crippen molar-refractivity contribution in [2.45, 2.75) is 137 Å². The SMILES string of the molecule is COC1CCC(C2NN([C@@H]3C[C@H]4C(=O)N[C@]5(C(=O)O)C[C@H]5/C=C\CCCCC[C@H](NC(=O)C5CCCO5)C(=O)N4C3)NC2C2NCCS2)CC1. The van der Waals surface area contributed by atoms with Gasteiger partial charge in [-0.25, -0.2) is 15.6 Å². The number of carbonyl (C=O) groups excluding carboxylic acids is 3. The van der Waals surface area contributed by atoms with Crippen molar-refractivity contribution in [1.29, 1.82) is 0 Å². The van der Waals surface area contributed by atoms with Gasteiger partial charge in [-0.15, -0.1) is 11.8 Å². The summed E-state index contributed by atoms with van der Waals surface area (Å²) in [7, 11) is 1.79. The first-order valence-electron chi connectivity index (χ1n) is 18.9. The molecular weight excluding hydrogens is 662 g/mol. The Morgan fingerprint density at radius 1 is 1.06 bits per heavy atom. The molecule has 50 heavy (non-hydrogen) atoms. The second-order valence-electron chi connectivity index (χ2n) is 15.3. The highest BCUT2D eigenvalue weighted by Crippen LogP contribution is 2.45. The Labute approximate surface area is 298 Å². The standard InChI is InChI=1S/C35H55N7O7S/c1-48-24-13-11-21(12-14-24)28-29(32-36-15-17-50-32)40-42(39-28)23-18-26-30(43)38-35(34(46)47)19-22(35)8-5-3-2-4-6-9-25(33(45)41(26)20-23)37-31(44)27-10-7-16-49-27/h5,8,21-29,32,36,39-40H,2-4,6-7,9-20H2,1H3,(H,37,44)(H,38,43)(H,46,47)/b8-5-/t21?,22-,23-,24?,25+,26+,27?,28?,29?,32?,35-/m1/s1. The largest absolute Gasteiger partial charge is 0.479 e. The smallest absolute Gasteiger partial charge is 0.330 e. The van der Waals surface area contributed by atoms with Crippen LogP contribution in [-0.2, 0) is 28.7 Å². The van der Waals surface area contributed by atoms with Crippen LogP contribution >= 0.6 is 11.8 Å². The second-order valence-corrected chi connectivity index (χ2v) is 16.5. The lowest BCUT2D eigenvalue weighted by Crippen LogP contribution is -2.57. The predicted octanol–water partition coefficient (Wildman–Crippen LogP) is 1.03. The van der Waals surface area contributed by atoms with Crippen molar-refractivity contribution in [2.75, 3.05) is 32.6 Å². The Morgan fingerprint density at radius 2 is 1.88 bits per heavy atom. The van der Waals surface area contributed by atoms with Crippen LogP contribution < -0.4 is 26.8 Å². The lowest BCUT2D eigenvalue weighted by atomic mass is 9.80. The number of carboxylic acids is 1. The molecule has 0 aromatic rings. The molecule has 4 saturated heterocycles. The molecule has 5 heterocycles. The van der Waals surface area contributed by atoms with Gasteiger partial charge < -0.3 is 35.4 Å². The average molecular weight is 718 g/mol. The lowest BCUT2D eigenvalue weighted by Gasteiger charge is -2.35. The van der Waals surface area contributed by atoms with E-state index in [-0.39, 0.29) is 47.8 Å². The molecule has 14 nitrogen and oxygen atoms in total. The molecule has 2 saturated carbocycles. The van der Waals surface area contributed by atoms with Gasteiger partial charge in [0, 0.05) is 44.5 Å². The molecule has 0 spiro atoms. The summed E-state index contributed by atoms with van der Waals surface area (Å²) in [5.41, 5.74) is 6.18. The van der Waals surface area contributed by atoms with Crippen molar-refractivity contribution >= 4 is 35.5 Å². The molecule has 0 aromatic carbocycles. The Hall–Kier alpha value is -2.27. The van der Waals surface area contributed by atoms with Gasteiger partial charge in [-0.1, -0.05) is 25.0 Å². The molecule has 7 aliphatic rings. The summed E-state index contributed by atoms with van der Waals surface area (Å²) in [5.74, 6) is -0.920. The minimum Gasteiger partial charge on any atom is -0.479 e. The van der Waals surface area contributed by atoms with Gasteiger partial charge in [0.2, 0.25) is 17.7 Å². The zero-order valence-electron chi connectivity index (χ0n) is 29.1. The molecule has 5 aliphatic heterocycles. The number of methoxy groups -OCH3 is 1. The fourth-order valence-corrected chi connectivity index (χ4v) is 10.2. The fourth-order valence-electron chi connectivity index (χ4n) is 9.06. The number of carboxylic acid groups (broad SMARTS) is 1. The summed E-state index contributed by atoms with van der Waals surface area (Å²) < 4.78 is 11.3. The minimum absolute atomic E-state index is 0.113. The van der Waals surface area contributed by atoms with Crippen molar-refractivity contribution < 1.29 is 33.8 Å². The number of thioether (sulfide) groups is 1. The monoisotopic (exact) mass is 717 g/mol. The molecule has 4 unspecified atom stereocenters. The molecular formula is C35H55N7O7S. The van der Waals surface area contributed by atoms with Gasteiger partial charge in [0.05, 0.1) is 23.6 Å². The lowest BCUT2D eigenvalue weighted by molar-refractivity contribution is -0.146. The van der Waals surface area contributed by atoms with E-state index in [2.05, 4.69) is 26.8 Å². The van der Waals surface area contributed by atoms with Crippen LogP contribution in [0.5, 0.6) is 0 Å². The summed E-state index contributed by atoms with van der Waals surface area (Å²) in [5, 5.41) is 22.1. The number of carbonyl (C=O) groups is 4. The first-order chi connectivity index (χ1) is 24.3. The van der Waals surface area contributed by atoms with E-state index >= 15 is 0 Å². The minimum atomic E-state index is -1.37. The number of amides is 3. The van der Waals surface area contributed by atoms with E-state index in [1.807, 2.05) is 29.0 Å². The molecule has 0 bridgehead atoms.